The molecule has 5 nitrogen and oxygen atoms in total. The highest BCUT2D eigenvalue weighted by Gasteiger charge is 2.09. The van der Waals surface area contributed by atoms with Crippen molar-refractivity contribution in [2.24, 2.45) is 0 Å². The van der Waals surface area contributed by atoms with Crippen molar-refractivity contribution in [3.05, 3.63) is 41.6 Å². The Morgan fingerprint density at radius 1 is 1.32 bits per heavy atom. The van der Waals surface area contributed by atoms with Gasteiger partial charge in [0.05, 0.1) is 12.3 Å². The molecule has 2 heterocycles. The number of methoxy groups -OCH3 is 1. The summed E-state index contributed by atoms with van der Waals surface area (Å²) in [6, 6.07) is 4.03. The van der Waals surface area contributed by atoms with E-state index in [0.717, 1.165) is 35.9 Å². The van der Waals surface area contributed by atoms with Gasteiger partial charge in [0, 0.05) is 37.7 Å². The first-order chi connectivity index (χ1) is 9.24. The van der Waals surface area contributed by atoms with E-state index in [1.807, 2.05) is 30.1 Å². The van der Waals surface area contributed by atoms with Gasteiger partial charge in [-0.1, -0.05) is 6.07 Å². The topological polar surface area (TPSA) is 52.0 Å². The average molecular weight is 260 g/mol. The van der Waals surface area contributed by atoms with E-state index in [1.165, 1.54) is 0 Å². The van der Waals surface area contributed by atoms with Crippen molar-refractivity contribution < 1.29 is 4.74 Å². The van der Waals surface area contributed by atoms with Crippen LogP contribution in [0.4, 0.5) is 0 Å². The zero-order valence-corrected chi connectivity index (χ0v) is 11.7. The molecule has 5 heteroatoms. The number of imidazole rings is 1. The molecule has 0 aliphatic heterocycles. The second kappa shape index (κ2) is 6.45. The summed E-state index contributed by atoms with van der Waals surface area (Å²) in [5.41, 5.74) is 3.31. The van der Waals surface area contributed by atoms with Crippen molar-refractivity contribution in [1.82, 2.24) is 19.9 Å². The Morgan fingerprint density at radius 3 is 2.84 bits per heavy atom. The fourth-order valence-corrected chi connectivity index (χ4v) is 1.89. The van der Waals surface area contributed by atoms with Gasteiger partial charge in [-0.15, -0.1) is 0 Å². The molecule has 0 saturated carbocycles. The minimum absolute atomic E-state index is 0.707. The highest BCUT2D eigenvalue weighted by molar-refractivity contribution is 5.36. The number of aromatic nitrogens is 3. The molecule has 0 spiro atoms. The lowest BCUT2D eigenvalue weighted by molar-refractivity contribution is 0.199. The van der Waals surface area contributed by atoms with Gasteiger partial charge in [0.15, 0.2) is 0 Å². The van der Waals surface area contributed by atoms with E-state index in [0.29, 0.717) is 6.61 Å². The lowest BCUT2D eigenvalue weighted by Gasteiger charge is -2.11. The van der Waals surface area contributed by atoms with E-state index in [2.05, 4.69) is 28.3 Å². The first-order valence-corrected chi connectivity index (χ1v) is 6.38. The third kappa shape index (κ3) is 3.19. The summed E-state index contributed by atoms with van der Waals surface area (Å²) in [4.78, 5) is 8.80. The molecular formula is C14H20N4O. The fourth-order valence-electron chi connectivity index (χ4n) is 1.89. The maximum absolute atomic E-state index is 5.02. The molecule has 0 aliphatic carbocycles. The maximum Gasteiger partial charge on any atom is 0.142 e. The minimum Gasteiger partial charge on any atom is -0.383 e. The van der Waals surface area contributed by atoms with Crippen LogP contribution >= 0.6 is 0 Å². The van der Waals surface area contributed by atoms with Gasteiger partial charge in [0.1, 0.15) is 12.1 Å². The number of pyridine rings is 1. The molecule has 2 aromatic rings. The van der Waals surface area contributed by atoms with Crippen molar-refractivity contribution in [1.29, 1.82) is 0 Å². The van der Waals surface area contributed by atoms with Gasteiger partial charge in [0.2, 0.25) is 0 Å². The molecule has 0 bridgehead atoms. The van der Waals surface area contributed by atoms with Gasteiger partial charge in [-0.3, -0.25) is 4.57 Å². The number of hydrogen-bond acceptors (Lipinski definition) is 4. The summed E-state index contributed by atoms with van der Waals surface area (Å²) in [5.74, 6) is 0.936. The molecule has 0 atom stereocenters. The Morgan fingerprint density at radius 2 is 2.16 bits per heavy atom. The molecule has 2 rings (SSSR count). The summed E-state index contributed by atoms with van der Waals surface area (Å²) in [5, 5.41) is 3.34. The second-order valence-electron chi connectivity index (χ2n) is 4.44. The summed E-state index contributed by atoms with van der Waals surface area (Å²) in [6.07, 6.45) is 3.63. The zero-order valence-electron chi connectivity index (χ0n) is 11.7. The number of rotatable bonds is 6. The molecular weight excluding hydrogens is 240 g/mol. The number of hydrogen-bond donors (Lipinski definition) is 1. The lowest BCUT2D eigenvalue weighted by atomic mass is 10.2. The van der Waals surface area contributed by atoms with E-state index in [-0.39, 0.29) is 0 Å². The fraction of sp³-hybridized carbons (Fsp3) is 0.429. The van der Waals surface area contributed by atoms with E-state index in [9.17, 15) is 0 Å². The van der Waals surface area contributed by atoms with Crippen LogP contribution in [0, 0.1) is 13.8 Å². The summed E-state index contributed by atoms with van der Waals surface area (Å²) >= 11 is 0. The van der Waals surface area contributed by atoms with Crippen LogP contribution in [-0.2, 0) is 11.3 Å². The van der Waals surface area contributed by atoms with Gasteiger partial charge in [-0.05, 0) is 19.9 Å². The number of ether oxygens (including phenoxy) is 1. The highest BCUT2D eigenvalue weighted by atomic mass is 16.5. The third-order valence-corrected chi connectivity index (χ3v) is 3.15. The van der Waals surface area contributed by atoms with Crippen molar-refractivity contribution in [2.45, 2.75) is 20.4 Å². The van der Waals surface area contributed by atoms with Crippen LogP contribution in [0.15, 0.2) is 24.7 Å². The van der Waals surface area contributed by atoms with E-state index >= 15 is 0 Å². The Bertz CT molecular complexity index is 536. The summed E-state index contributed by atoms with van der Waals surface area (Å²) in [6.45, 7) is 6.36. The Labute approximate surface area is 113 Å². The van der Waals surface area contributed by atoms with Gasteiger partial charge in [-0.2, -0.15) is 0 Å². The van der Waals surface area contributed by atoms with E-state index in [1.54, 1.807) is 7.11 Å². The molecule has 0 aliphatic rings. The standard InChI is InChI=1S/C14H20N4O/c1-11-12(2)18(10-17-11)14-13(5-4-6-16-14)9-15-7-8-19-3/h4-6,10,15H,7-9H2,1-3H3. The van der Waals surface area contributed by atoms with Gasteiger partial charge in [-0.25, -0.2) is 9.97 Å². The lowest BCUT2D eigenvalue weighted by Crippen LogP contribution is -2.20. The average Bonchev–Trinajstić information content (AvgIpc) is 2.76. The Balaban J connectivity index is 2.19. The van der Waals surface area contributed by atoms with Crippen LogP contribution in [0.2, 0.25) is 0 Å². The van der Waals surface area contributed by atoms with Crippen LogP contribution in [0.5, 0.6) is 0 Å². The normalized spacial score (nSPS) is 10.9. The summed E-state index contributed by atoms with van der Waals surface area (Å²) in [7, 11) is 1.70. The van der Waals surface area contributed by atoms with Crippen LogP contribution in [0.1, 0.15) is 17.0 Å². The Kier molecular flexibility index (Phi) is 4.65. The van der Waals surface area contributed by atoms with Crippen molar-refractivity contribution >= 4 is 0 Å². The molecule has 19 heavy (non-hydrogen) atoms. The largest absolute Gasteiger partial charge is 0.383 e. The maximum atomic E-state index is 5.02. The molecule has 2 aromatic heterocycles. The number of nitrogens with one attached hydrogen (secondary N) is 1. The molecule has 1 N–H and O–H groups in total. The van der Waals surface area contributed by atoms with Crippen LogP contribution < -0.4 is 5.32 Å². The summed E-state index contributed by atoms with van der Waals surface area (Å²) < 4.78 is 7.05. The zero-order chi connectivity index (χ0) is 13.7. The van der Waals surface area contributed by atoms with Crippen LogP contribution in [0.3, 0.4) is 0 Å². The molecule has 0 fully saturated rings. The van der Waals surface area contributed by atoms with Crippen molar-refractivity contribution in [3.63, 3.8) is 0 Å². The van der Waals surface area contributed by atoms with E-state index in [4.69, 9.17) is 4.74 Å². The smallest absolute Gasteiger partial charge is 0.142 e. The minimum atomic E-state index is 0.707. The van der Waals surface area contributed by atoms with Crippen LogP contribution in [0.25, 0.3) is 5.82 Å². The number of nitrogens with zero attached hydrogens (tertiary/aromatic N) is 3. The van der Waals surface area contributed by atoms with E-state index < -0.39 is 0 Å². The first kappa shape index (κ1) is 13.7. The predicted octanol–water partition coefficient (Wildman–Crippen LogP) is 1.62. The number of aryl methyl sites for hydroxylation is 1. The van der Waals surface area contributed by atoms with Crippen molar-refractivity contribution in [3.8, 4) is 5.82 Å². The predicted molar refractivity (Wildman–Crippen MR) is 74.4 cm³/mol. The molecule has 0 radical (unpaired) electrons. The molecule has 0 unspecified atom stereocenters. The van der Waals surface area contributed by atoms with Crippen LogP contribution in [-0.4, -0.2) is 34.8 Å². The molecule has 0 saturated heterocycles. The van der Waals surface area contributed by atoms with Gasteiger partial charge >= 0.3 is 0 Å². The Hall–Kier alpha value is -1.72. The second-order valence-corrected chi connectivity index (χ2v) is 4.44. The highest BCUT2D eigenvalue weighted by Crippen LogP contribution is 2.15. The first-order valence-electron chi connectivity index (χ1n) is 6.38. The van der Waals surface area contributed by atoms with Gasteiger partial charge < -0.3 is 10.1 Å². The SMILES string of the molecule is COCCNCc1cccnc1-n1cnc(C)c1C. The monoisotopic (exact) mass is 260 g/mol. The van der Waals surface area contributed by atoms with Crippen molar-refractivity contribution in [2.75, 3.05) is 20.3 Å². The molecule has 102 valence electrons. The molecule has 0 aromatic carbocycles. The molecule has 0 amide bonds. The third-order valence-electron chi connectivity index (χ3n) is 3.15. The quantitative estimate of drug-likeness (QED) is 0.802. The van der Waals surface area contributed by atoms with Gasteiger partial charge in [0.25, 0.3) is 0 Å².